The number of nitrogens with zero attached hydrogens (tertiary/aromatic N) is 3. The quantitative estimate of drug-likeness (QED) is 0.862. The van der Waals surface area contributed by atoms with Crippen LogP contribution in [-0.4, -0.2) is 16.1 Å². The van der Waals surface area contributed by atoms with Crippen LogP contribution in [0.1, 0.15) is 28.8 Å². The third-order valence-electron chi connectivity index (χ3n) is 4.23. The molecule has 0 amide bonds. The van der Waals surface area contributed by atoms with Gasteiger partial charge in [-0.25, -0.2) is 4.98 Å². The van der Waals surface area contributed by atoms with Crippen molar-refractivity contribution in [1.29, 1.82) is 5.26 Å². The van der Waals surface area contributed by atoms with Gasteiger partial charge in [-0.05, 0) is 43.9 Å². The van der Waals surface area contributed by atoms with Crippen molar-refractivity contribution >= 4 is 5.95 Å². The van der Waals surface area contributed by atoms with Crippen molar-refractivity contribution < 1.29 is 0 Å². The first-order chi connectivity index (χ1) is 9.63. The van der Waals surface area contributed by atoms with Crippen LogP contribution < -0.4 is 5.32 Å². The highest BCUT2D eigenvalue weighted by Crippen LogP contribution is 2.32. The Morgan fingerprint density at radius 1 is 1.25 bits per heavy atom. The van der Waals surface area contributed by atoms with Crippen LogP contribution in [0.2, 0.25) is 0 Å². The molecule has 1 aliphatic heterocycles. The SMILES string of the molecule is Cc1ccc(-c2nc3n(c2C#N)CCCN3)c(C)c1C. The highest BCUT2D eigenvalue weighted by Gasteiger charge is 2.21. The Morgan fingerprint density at radius 3 is 2.80 bits per heavy atom. The van der Waals surface area contributed by atoms with Gasteiger partial charge in [-0.3, -0.25) is 0 Å². The predicted molar refractivity (Wildman–Crippen MR) is 79.7 cm³/mol. The van der Waals surface area contributed by atoms with Gasteiger partial charge in [0.15, 0.2) is 0 Å². The van der Waals surface area contributed by atoms with Gasteiger partial charge in [-0.1, -0.05) is 12.1 Å². The van der Waals surface area contributed by atoms with Crippen LogP contribution in [0.5, 0.6) is 0 Å². The first-order valence-corrected chi connectivity index (χ1v) is 6.95. The summed E-state index contributed by atoms with van der Waals surface area (Å²) >= 11 is 0. The number of anilines is 1. The molecule has 0 atom stereocenters. The summed E-state index contributed by atoms with van der Waals surface area (Å²) in [5.41, 5.74) is 6.28. The number of rotatable bonds is 1. The molecule has 0 bridgehead atoms. The van der Waals surface area contributed by atoms with Crippen LogP contribution in [0, 0.1) is 32.1 Å². The zero-order valence-electron chi connectivity index (χ0n) is 12.1. The molecule has 0 spiro atoms. The highest BCUT2D eigenvalue weighted by molar-refractivity contribution is 5.72. The van der Waals surface area contributed by atoms with Crippen molar-refractivity contribution in [2.24, 2.45) is 0 Å². The third-order valence-corrected chi connectivity index (χ3v) is 4.23. The second kappa shape index (κ2) is 4.68. The molecule has 102 valence electrons. The minimum absolute atomic E-state index is 0.665. The molecule has 0 unspecified atom stereocenters. The van der Waals surface area contributed by atoms with E-state index in [9.17, 15) is 5.26 Å². The van der Waals surface area contributed by atoms with Gasteiger partial charge in [0.1, 0.15) is 17.5 Å². The molecule has 1 aromatic carbocycles. The molecule has 2 heterocycles. The topological polar surface area (TPSA) is 53.6 Å². The summed E-state index contributed by atoms with van der Waals surface area (Å²) in [5.74, 6) is 0.820. The van der Waals surface area contributed by atoms with Crippen LogP contribution in [0.15, 0.2) is 12.1 Å². The molecule has 0 saturated carbocycles. The van der Waals surface area contributed by atoms with Gasteiger partial charge in [-0.2, -0.15) is 5.26 Å². The molecule has 1 aromatic heterocycles. The Balaban J connectivity index is 2.23. The molecule has 0 fully saturated rings. The molecule has 0 radical (unpaired) electrons. The fourth-order valence-corrected chi connectivity index (χ4v) is 2.76. The second-order valence-corrected chi connectivity index (χ2v) is 5.36. The fraction of sp³-hybridized carbons (Fsp3) is 0.375. The normalized spacial score (nSPS) is 13.5. The third kappa shape index (κ3) is 1.78. The minimum atomic E-state index is 0.665. The van der Waals surface area contributed by atoms with Crippen molar-refractivity contribution in [3.63, 3.8) is 0 Å². The maximum Gasteiger partial charge on any atom is 0.204 e. The lowest BCUT2D eigenvalue weighted by molar-refractivity contribution is 0.622. The largest absolute Gasteiger partial charge is 0.356 e. The van der Waals surface area contributed by atoms with E-state index >= 15 is 0 Å². The van der Waals surface area contributed by atoms with E-state index in [0.717, 1.165) is 36.7 Å². The molecule has 1 N–H and O–H groups in total. The number of aryl methyl sites for hydroxylation is 1. The number of aromatic nitrogens is 2. The van der Waals surface area contributed by atoms with Gasteiger partial charge in [0.25, 0.3) is 0 Å². The maximum atomic E-state index is 9.50. The first kappa shape index (κ1) is 12.7. The Kier molecular flexibility index (Phi) is 2.98. The van der Waals surface area contributed by atoms with Crippen LogP contribution in [-0.2, 0) is 6.54 Å². The minimum Gasteiger partial charge on any atom is -0.356 e. The Bertz CT molecular complexity index is 719. The first-order valence-electron chi connectivity index (χ1n) is 6.95. The van der Waals surface area contributed by atoms with E-state index in [1.54, 1.807) is 0 Å². The van der Waals surface area contributed by atoms with Gasteiger partial charge in [0.2, 0.25) is 5.95 Å². The second-order valence-electron chi connectivity index (χ2n) is 5.36. The average molecular weight is 266 g/mol. The van der Waals surface area contributed by atoms with Gasteiger partial charge >= 0.3 is 0 Å². The Morgan fingerprint density at radius 2 is 2.05 bits per heavy atom. The van der Waals surface area contributed by atoms with E-state index in [1.807, 2.05) is 4.57 Å². The number of nitrogens with one attached hydrogen (secondary N) is 1. The zero-order chi connectivity index (χ0) is 14.3. The Hall–Kier alpha value is -2.28. The monoisotopic (exact) mass is 266 g/mol. The lowest BCUT2D eigenvalue weighted by Gasteiger charge is -2.15. The molecular weight excluding hydrogens is 248 g/mol. The summed E-state index contributed by atoms with van der Waals surface area (Å²) in [4.78, 5) is 4.65. The van der Waals surface area contributed by atoms with Crippen molar-refractivity contribution in [3.8, 4) is 17.3 Å². The number of nitriles is 1. The summed E-state index contributed by atoms with van der Waals surface area (Å²) in [6.07, 6.45) is 1.03. The van der Waals surface area contributed by atoms with Gasteiger partial charge in [0.05, 0.1) is 0 Å². The number of imidazole rings is 1. The summed E-state index contributed by atoms with van der Waals surface area (Å²) < 4.78 is 1.99. The molecule has 4 nitrogen and oxygen atoms in total. The van der Waals surface area contributed by atoms with E-state index in [2.05, 4.69) is 49.3 Å². The number of fused-ring (bicyclic) bond motifs is 1. The molecule has 4 heteroatoms. The van der Waals surface area contributed by atoms with Gasteiger partial charge in [0, 0.05) is 18.7 Å². The maximum absolute atomic E-state index is 9.50. The number of hydrogen-bond acceptors (Lipinski definition) is 3. The molecule has 2 aromatic rings. The van der Waals surface area contributed by atoms with Crippen molar-refractivity contribution in [2.75, 3.05) is 11.9 Å². The molecule has 1 aliphatic rings. The molecule has 0 aliphatic carbocycles. The molecule has 20 heavy (non-hydrogen) atoms. The van der Waals surface area contributed by atoms with Crippen LogP contribution in [0.4, 0.5) is 5.95 Å². The molecular formula is C16H18N4. The van der Waals surface area contributed by atoms with Crippen molar-refractivity contribution in [3.05, 3.63) is 34.5 Å². The van der Waals surface area contributed by atoms with Crippen LogP contribution in [0.25, 0.3) is 11.3 Å². The number of benzene rings is 1. The highest BCUT2D eigenvalue weighted by atomic mass is 15.2. The fourth-order valence-electron chi connectivity index (χ4n) is 2.76. The average Bonchev–Trinajstić information content (AvgIpc) is 2.83. The van der Waals surface area contributed by atoms with E-state index in [-0.39, 0.29) is 0 Å². The predicted octanol–water partition coefficient (Wildman–Crippen LogP) is 3.16. The van der Waals surface area contributed by atoms with Crippen LogP contribution in [0.3, 0.4) is 0 Å². The van der Waals surface area contributed by atoms with E-state index < -0.39 is 0 Å². The summed E-state index contributed by atoms with van der Waals surface area (Å²) in [7, 11) is 0. The lowest BCUT2D eigenvalue weighted by atomic mass is 9.96. The van der Waals surface area contributed by atoms with E-state index in [4.69, 9.17) is 0 Å². The zero-order valence-corrected chi connectivity index (χ0v) is 12.1. The lowest BCUT2D eigenvalue weighted by Crippen LogP contribution is -2.18. The van der Waals surface area contributed by atoms with E-state index in [1.165, 1.54) is 16.7 Å². The van der Waals surface area contributed by atoms with Crippen molar-refractivity contribution in [1.82, 2.24) is 9.55 Å². The summed E-state index contributed by atoms with van der Waals surface area (Å²) in [5, 5.41) is 12.8. The van der Waals surface area contributed by atoms with E-state index in [0.29, 0.717) is 5.69 Å². The van der Waals surface area contributed by atoms with Gasteiger partial charge in [-0.15, -0.1) is 0 Å². The summed E-state index contributed by atoms with van der Waals surface area (Å²) in [6.45, 7) is 8.12. The summed E-state index contributed by atoms with van der Waals surface area (Å²) in [6, 6.07) is 6.50. The van der Waals surface area contributed by atoms with Crippen molar-refractivity contribution in [2.45, 2.75) is 33.7 Å². The smallest absolute Gasteiger partial charge is 0.204 e. The van der Waals surface area contributed by atoms with Crippen LogP contribution >= 0.6 is 0 Å². The molecule has 3 rings (SSSR count). The van der Waals surface area contributed by atoms with Gasteiger partial charge < -0.3 is 9.88 Å². The molecule has 0 saturated heterocycles. The number of hydrogen-bond donors (Lipinski definition) is 1. The Labute approximate surface area is 119 Å². The standard InChI is InChI=1S/C16H18N4/c1-10-5-6-13(12(3)11(10)2)15-14(9-17)20-8-4-7-18-16(20)19-15/h5-6H,4,7-8H2,1-3H3,(H,18,19).